The SMILES string of the molecule is O=C(/C=C/c1ccccc1Cl)N(Cc1ccc(Cl)cc1)[C@H]1CCS(=O)(=O)C1. The van der Waals surface area contributed by atoms with Crippen LogP contribution < -0.4 is 0 Å². The first-order chi connectivity index (χ1) is 12.8. The summed E-state index contributed by atoms with van der Waals surface area (Å²) in [5, 5.41) is 1.16. The fraction of sp³-hybridized carbons (Fsp3) is 0.250. The third-order valence-electron chi connectivity index (χ3n) is 4.51. The van der Waals surface area contributed by atoms with E-state index in [9.17, 15) is 13.2 Å². The third-order valence-corrected chi connectivity index (χ3v) is 6.86. The maximum atomic E-state index is 12.9. The van der Waals surface area contributed by atoms with E-state index in [-0.39, 0.29) is 23.5 Å². The Labute approximate surface area is 169 Å². The molecule has 0 saturated carbocycles. The first-order valence-electron chi connectivity index (χ1n) is 8.52. The number of halogens is 2. The van der Waals surface area contributed by atoms with Crippen LogP contribution >= 0.6 is 23.2 Å². The van der Waals surface area contributed by atoms with Gasteiger partial charge in [-0.05, 0) is 41.8 Å². The molecular weight excluding hydrogens is 405 g/mol. The number of hydrogen-bond acceptors (Lipinski definition) is 3. The molecule has 0 spiro atoms. The van der Waals surface area contributed by atoms with Crippen LogP contribution in [-0.2, 0) is 21.2 Å². The van der Waals surface area contributed by atoms with E-state index in [1.165, 1.54) is 6.08 Å². The lowest BCUT2D eigenvalue weighted by atomic mass is 10.1. The molecule has 1 fully saturated rings. The number of carbonyl (C=O) groups is 1. The molecule has 1 amide bonds. The lowest BCUT2D eigenvalue weighted by Gasteiger charge is -2.27. The van der Waals surface area contributed by atoms with E-state index in [4.69, 9.17) is 23.2 Å². The van der Waals surface area contributed by atoms with Crippen LogP contribution in [0.2, 0.25) is 10.0 Å². The zero-order valence-corrected chi connectivity index (χ0v) is 16.8. The van der Waals surface area contributed by atoms with Gasteiger partial charge in [0, 0.05) is 28.7 Å². The van der Waals surface area contributed by atoms with Crippen molar-refractivity contribution >= 4 is 45.0 Å². The van der Waals surface area contributed by atoms with Gasteiger partial charge in [0.05, 0.1) is 11.5 Å². The number of benzene rings is 2. The molecule has 4 nitrogen and oxygen atoms in total. The summed E-state index contributed by atoms with van der Waals surface area (Å²) >= 11 is 12.1. The van der Waals surface area contributed by atoms with Gasteiger partial charge >= 0.3 is 0 Å². The highest BCUT2D eigenvalue weighted by Crippen LogP contribution is 2.22. The van der Waals surface area contributed by atoms with E-state index in [0.717, 1.165) is 11.1 Å². The fourth-order valence-corrected chi connectivity index (χ4v) is 5.12. The summed E-state index contributed by atoms with van der Waals surface area (Å²) in [6, 6.07) is 14.1. The lowest BCUT2D eigenvalue weighted by molar-refractivity contribution is -0.128. The van der Waals surface area contributed by atoms with Gasteiger partial charge in [0.25, 0.3) is 0 Å². The summed E-state index contributed by atoms with van der Waals surface area (Å²) in [7, 11) is -3.11. The summed E-state index contributed by atoms with van der Waals surface area (Å²) in [5.74, 6) is -0.144. The molecular formula is C20H19Cl2NO3S. The van der Waals surface area contributed by atoms with E-state index >= 15 is 0 Å². The van der Waals surface area contributed by atoms with Crippen molar-refractivity contribution in [2.75, 3.05) is 11.5 Å². The molecule has 0 radical (unpaired) electrons. The monoisotopic (exact) mass is 423 g/mol. The van der Waals surface area contributed by atoms with Gasteiger partial charge in [-0.25, -0.2) is 8.42 Å². The molecule has 7 heteroatoms. The second-order valence-electron chi connectivity index (χ2n) is 6.50. The maximum Gasteiger partial charge on any atom is 0.247 e. The van der Waals surface area contributed by atoms with Gasteiger partial charge in [-0.1, -0.05) is 53.5 Å². The molecule has 1 aliphatic rings. The maximum absolute atomic E-state index is 12.9. The highest BCUT2D eigenvalue weighted by atomic mass is 35.5. The first-order valence-corrected chi connectivity index (χ1v) is 11.1. The summed E-state index contributed by atoms with van der Waals surface area (Å²) in [6.45, 7) is 0.322. The van der Waals surface area contributed by atoms with Crippen LogP contribution in [-0.4, -0.2) is 36.8 Å². The normalized spacial score (nSPS) is 18.7. The molecule has 1 aliphatic heterocycles. The van der Waals surface area contributed by atoms with E-state index in [0.29, 0.717) is 23.0 Å². The van der Waals surface area contributed by atoms with Crippen LogP contribution in [0.3, 0.4) is 0 Å². The molecule has 3 rings (SSSR count). The summed E-state index contributed by atoms with van der Waals surface area (Å²) in [5.41, 5.74) is 1.63. The van der Waals surface area contributed by atoms with Crippen LogP contribution in [0.4, 0.5) is 0 Å². The van der Waals surface area contributed by atoms with E-state index < -0.39 is 9.84 Å². The Morgan fingerprint density at radius 3 is 2.44 bits per heavy atom. The van der Waals surface area contributed by atoms with Gasteiger partial charge in [-0.3, -0.25) is 4.79 Å². The standard InChI is InChI=1S/C20H19Cl2NO3S/c21-17-8-5-15(6-9-17)13-23(18-11-12-27(25,26)14-18)20(24)10-7-16-3-1-2-4-19(16)22/h1-10,18H,11-14H2/b10-7+/t18-/m0/s1. The highest BCUT2D eigenvalue weighted by molar-refractivity contribution is 7.91. The number of sulfone groups is 1. The Hall–Kier alpha value is -1.82. The number of nitrogens with zero attached hydrogens (tertiary/aromatic N) is 1. The quantitative estimate of drug-likeness (QED) is 0.676. The van der Waals surface area contributed by atoms with Gasteiger partial charge in [-0.2, -0.15) is 0 Å². The number of carbonyl (C=O) groups excluding carboxylic acids is 1. The zero-order valence-electron chi connectivity index (χ0n) is 14.5. The number of rotatable bonds is 5. The minimum absolute atomic E-state index is 0.00768. The summed E-state index contributed by atoms with van der Waals surface area (Å²) in [4.78, 5) is 14.5. The molecule has 142 valence electrons. The molecule has 0 aromatic heterocycles. The van der Waals surface area contributed by atoms with E-state index in [1.807, 2.05) is 30.3 Å². The van der Waals surface area contributed by atoms with Crippen LogP contribution in [0.25, 0.3) is 6.08 Å². The van der Waals surface area contributed by atoms with Crippen molar-refractivity contribution in [3.8, 4) is 0 Å². The van der Waals surface area contributed by atoms with Crippen molar-refractivity contribution in [3.05, 3.63) is 75.8 Å². The van der Waals surface area contributed by atoms with Crippen molar-refractivity contribution in [1.82, 2.24) is 4.90 Å². The van der Waals surface area contributed by atoms with Crippen LogP contribution in [0.5, 0.6) is 0 Å². The molecule has 1 saturated heterocycles. The van der Waals surface area contributed by atoms with Crippen LogP contribution in [0.1, 0.15) is 17.5 Å². The van der Waals surface area contributed by atoms with Gasteiger partial charge in [0.15, 0.2) is 9.84 Å². The predicted molar refractivity (Wildman–Crippen MR) is 110 cm³/mol. The smallest absolute Gasteiger partial charge is 0.247 e. The zero-order chi connectivity index (χ0) is 19.4. The van der Waals surface area contributed by atoms with Crippen LogP contribution in [0, 0.1) is 0 Å². The summed E-state index contributed by atoms with van der Waals surface area (Å²) in [6.07, 6.45) is 3.55. The summed E-state index contributed by atoms with van der Waals surface area (Å²) < 4.78 is 23.8. The second kappa shape index (κ2) is 8.46. The number of amides is 1. The molecule has 0 N–H and O–H groups in total. The van der Waals surface area contributed by atoms with Gasteiger partial charge < -0.3 is 4.90 Å². The number of hydrogen-bond donors (Lipinski definition) is 0. The average molecular weight is 424 g/mol. The highest BCUT2D eigenvalue weighted by Gasteiger charge is 2.34. The predicted octanol–water partition coefficient (Wildman–Crippen LogP) is 4.22. The third kappa shape index (κ3) is 5.34. The lowest BCUT2D eigenvalue weighted by Crippen LogP contribution is -2.39. The van der Waals surface area contributed by atoms with Crippen molar-refractivity contribution in [3.63, 3.8) is 0 Å². The van der Waals surface area contributed by atoms with Gasteiger partial charge in [0.1, 0.15) is 0 Å². The molecule has 2 aromatic rings. The van der Waals surface area contributed by atoms with Crippen LogP contribution in [0.15, 0.2) is 54.6 Å². The fourth-order valence-electron chi connectivity index (χ4n) is 3.06. The first kappa shape index (κ1) is 19.9. The molecule has 0 unspecified atom stereocenters. The Morgan fingerprint density at radius 2 is 1.81 bits per heavy atom. The molecule has 1 atom stereocenters. The Kier molecular flexibility index (Phi) is 6.25. The van der Waals surface area contributed by atoms with E-state index in [2.05, 4.69) is 0 Å². The van der Waals surface area contributed by atoms with Crippen molar-refractivity contribution in [2.24, 2.45) is 0 Å². The minimum atomic E-state index is -3.11. The molecule has 0 bridgehead atoms. The Balaban J connectivity index is 1.83. The second-order valence-corrected chi connectivity index (χ2v) is 9.58. The Morgan fingerprint density at radius 1 is 1.11 bits per heavy atom. The Bertz CT molecular complexity index is 955. The van der Waals surface area contributed by atoms with Crippen molar-refractivity contribution in [2.45, 2.75) is 19.0 Å². The van der Waals surface area contributed by atoms with Gasteiger partial charge in [-0.15, -0.1) is 0 Å². The van der Waals surface area contributed by atoms with Gasteiger partial charge in [0.2, 0.25) is 5.91 Å². The topological polar surface area (TPSA) is 54.5 Å². The average Bonchev–Trinajstić information content (AvgIpc) is 3.00. The van der Waals surface area contributed by atoms with Crippen molar-refractivity contribution < 1.29 is 13.2 Å². The molecule has 27 heavy (non-hydrogen) atoms. The minimum Gasteiger partial charge on any atom is -0.331 e. The largest absolute Gasteiger partial charge is 0.331 e. The van der Waals surface area contributed by atoms with E-state index in [1.54, 1.807) is 29.2 Å². The molecule has 2 aromatic carbocycles. The van der Waals surface area contributed by atoms with Crippen molar-refractivity contribution in [1.29, 1.82) is 0 Å². The molecule has 0 aliphatic carbocycles. The molecule has 1 heterocycles.